The molecule has 0 amide bonds. The normalized spacial score (nSPS) is 15.1. The van der Waals surface area contributed by atoms with Crippen molar-refractivity contribution < 1.29 is 11.0 Å². The molecule has 1 spiro atoms. The standard InChI is InChI=1S/C86H69BN4S/c1-83(2,3)57-25-21-24-55(45-57)56-35-39-72-78(46-56)91(75-42-36-58(84(4,5)6)47-64(75)54-22-11-10-12-23-54)79-51-61(90-76-41-34-53(52-88)44-65(76)66-48-59(85(7,8)9)37-43-77(66)90)50-70-82(79)87(72)71-40-38-60(89-73-30-17-13-26-62(73)63-27-14-18-31-74(63)89)49-69(71)86(70)67-28-15-19-32-80(67)92-81-33-20-16-29-68(81)86/h10-51H,1-9H3/i13D,14D,17D,18D,26D,27D,30D,31D. The number of hydrogen-bond donors (Lipinski definition) is 0. The zero-order chi connectivity index (χ0) is 69.7. The lowest BCUT2D eigenvalue weighted by Crippen LogP contribution is -2.65. The van der Waals surface area contributed by atoms with Gasteiger partial charge in [-0.05, 0) is 180 Å². The van der Waals surface area contributed by atoms with E-state index in [4.69, 9.17) is 2.74 Å². The van der Waals surface area contributed by atoms with E-state index in [-0.39, 0.29) is 62.2 Å². The summed E-state index contributed by atoms with van der Waals surface area (Å²) in [7, 11) is 0. The fraction of sp³-hybridized carbons (Fsp3) is 0.151. The third-order valence-corrected chi connectivity index (χ3v) is 20.9. The third kappa shape index (κ3) is 8.30. The molecule has 14 aromatic rings. The van der Waals surface area contributed by atoms with Gasteiger partial charge in [0, 0.05) is 59.6 Å². The van der Waals surface area contributed by atoms with Gasteiger partial charge in [-0.15, -0.1) is 0 Å². The molecular weight excluding hydrogens is 1130 g/mol. The molecule has 92 heavy (non-hydrogen) atoms. The molecule has 0 aliphatic carbocycles. The molecule has 0 saturated heterocycles. The van der Waals surface area contributed by atoms with Crippen molar-refractivity contribution in [1.29, 1.82) is 5.26 Å². The maximum atomic E-state index is 10.7. The van der Waals surface area contributed by atoms with Gasteiger partial charge >= 0.3 is 0 Å². The molecule has 0 saturated carbocycles. The van der Waals surface area contributed by atoms with Gasteiger partial charge in [-0.2, -0.15) is 5.26 Å². The Kier molecular flexibility index (Phi) is 10.5. The van der Waals surface area contributed by atoms with E-state index in [0.29, 0.717) is 11.3 Å². The van der Waals surface area contributed by atoms with E-state index < -0.39 is 36.3 Å². The van der Waals surface area contributed by atoms with Crippen molar-refractivity contribution in [1.82, 2.24) is 9.13 Å². The molecule has 0 atom stereocenters. The van der Waals surface area contributed by atoms with Crippen LogP contribution in [-0.4, -0.2) is 15.8 Å². The summed E-state index contributed by atoms with van der Waals surface area (Å²) < 4.78 is 79.1. The Morgan fingerprint density at radius 2 is 0.978 bits per heavy atom. The van der Waals surface area contributed by atoms with Crippen molar-refractivity contribution >= 4 is 95.5 Å². The minimum absolute atomic E-state index is 0.0167. The Morgan fingerprint density at radius 3 is 1.66 bits per heavy atom. The highest BCUT2D eigenvalue weighted by Crippen LogP contribution is 2.59. The number of anilines is 3. The van der Waals surface area contributed by atoms with Gasteiger partial charge in [0.15, 0.2) is 0 Å². The topological polar surface area (TPSA) is 36.9 Å². The largest absolute Gasteiger partial charge is 0.311 e. The SMILES string of the molecule is [2H]c1c([2H])c([2H])c2c(c1[2H])c1c([2H])c([2H])c([2H])c([2H])c1n2-c1ccc2c(c1)C1(c3ccccc3Sc3ccccc31)c1cc(-n3c4ccc(C#N)cc4c4cc(C(C)(C)C)ccc43)cc3c1B2c1ccc(-c2cccc(C(C)(C)C)c2)cc1N3c1ccc(C(C)(C)C)cc1-c1ccccc1. The summed E-state index contributed by atoms with van der Waals surface area (Å²) in [6.07, 6.45) is 0. The van der Waals surface area contributed by atoms with Gasteiger partial charge < -0.3 is 14.0 Å². The molecule has 3 aliphatic heterocycles. The summed E-state index contributed by atoms with van der Waals surface area (Å²) in [5, 5.41) is 12.7. The Morgan fingerprint density at radius 1 is 0.413 bits per heavy atom. The number of fused-ring (bicyclic) bond motifs is 16. The van der Waals surface area contributed by atoms with Crippen LogP contribution in [0.4, 0.5) is 17.1 Å². The summed E-state index contributed by atoms with van der Waals surface area (Å²) >= 11 is 1.73. The van der Waals surface area contributed by atoms with Gasteiger partial charge in [0.25, 0.3) is 0 Å². The third-order valence-electron chi connectivity index (χ3n) is 19.8. The van der Waals surface area contributed by atoms with Crippen LogP contribution in [0, 0.1) is 11.3 Å². The average molecular weight is 1210 g/mol. The predicted octanol–water partition coefficient (Wildman–Crippen LogP) is 20.4. The Labute approximate surface area is 555 Å². The van der Waals surface area contributed by atoms with Gasteiger partial charge in [0.1, 0.15) is 0 Å². The Hall–Kier alpha value is -10.1. The van der Waals surface area contributed by atoms with Crippen LogP contribution in [0.1, 0.15) is 118 Å². The molecule has 0 bridgehead atoms. The lowest BCUT2D eigenvalue weighted by Gasteiger charge is -2.51. The average Bonchev–Trinajstić information content (AvgIpc) is 0.705. The van der Waals surface area contributed by atoms with Crippen molar-refractivity contribution in [2.75, 3.05) is 4.90 Å². The number of para-hydroxylation sites is 2. The number of hydrogen-bond acceptors (Lipinski definition) is 3. The van der Waals surface area contributed by atoms with Crippen LogP contribution in [0.3, 0.4) is 0 Å². The van der Waals surface area contributed by atoms with Crippen LogP contribution in [0.2, 0.25) is 0 Å². The van der Waals surface area contributed by atoms with Crippen LogP contribution >= 0.6 is 11.8 Å². The first kappa shape index (κ1) is 47.8. The highest BCUT2D eigenvalue weighted by Gasteiger charge is 2.55. The molecule has 3 aliphatic rings. The maximum Gasteiger partial charge on any atom is 0.247 e. The van der Waals surface area contributed by atoms with Gasteiger partial charge in [-0.25, -0.2) is 0 Å². The van der Waals surface area contributed by atoms with Gasteiger partial charge in [-0.1, -0.05) is 237 Å². The first-order valence-electron chi connectivity index (χ1n) is 35.7. The number of nitrogens with zero attached hydrogens (tertiary/aromatic N) is 4. The minimum atomic E-state index is -1.18. The second kappa shape index (κ2) is 20.2. The van der Waals surface area contributed by atoms with Gasteiger partial charge in [0.05, 0.1) is 55.8 Å². The summed E-state index contributed by atoms with van der Waals surface area (Å²) in [6, 6.07) is 74.0. The molecule has 2 aromatic heterocycles. The van der Waals surface area contributed by atoms with Gasteiger partial charge in [0.2, 0.25) is 6.71 Å². The first-order chi connectivity index (χ1) is 47.8. The first-order valence-corrected chi connectivity index (χ1v) is 32.6. The lowest BCUT2D eigenvalue weighted by atomic mass is 9.29. The summed E-state index contributed by atoms with van der Waals surface area (Å²) in [5.41, 5.74) is 20.1. The highest BCUT2D eigenvalue weighted by molar-refractivity contribution is 7.99. The van der Waals surface area contributed by atoms with Crippen molar-refractivity contribution in [2.24, 2.45) is 0 Å². The number of benzene rings is 12. The van der Waals surface area contributed by atoms with Crippen molar-refractivity contribution in [3.63, 3.8) is 0 Å². The van der Waals surface area contributed by atoms with E-state index in [2.05, 4.69) is 266 Å². The van der Waals surface area contributed by atoms with Crippen LogP contribution < -0.4 is 21.3 Å². The molecule has 442 valence electrons. The molecule has 6 heteroatoms. The summed E-state index contributed by atoms with van der Waals surface area (Å²) in [6.45, 7) is 19.8. The molecule has 0 fully saturated rings. The molecule has 12 aromatic carbocycles. The monoisotopic (exact) mass is 1210 g/mol. The zero-order valence-corrected chi connectivity index (χ0v) is 53.7. The van der Waals surface area contributed by atoms with Crippen molar-refractivity contribution in [3.8, 4) is 39.7 Å². The van der Waals surface area contributed by atoms with E-state index in [1.54, 1.807) is 16.3 Å². The second-order valence-electron chi connectivity index (χ2n) is 28.2. The summed E-state index contributed by atoms with van der Waals surface area (Å²) in [4.78, 5) is 4.63. The zero-order valence-electron chi connectivity index (χ0n) is 60.9. The van der Waals surface area contributed by atoms with Crippen LogP contribution in [0.25, 0.3) is 77.2 Å². The van der Waals surface area contributed by atoms with Crippen LogP contribution in [-0.2, 0) is 21.7 Å². The molecule has 0 unspecified atom stereocenters. The maximum absolute atomic E-state index is 10.7. The molecule has 0 radical (unpaired) electrons. The highest BCUT2D eigenvalue weighted by atomic mass is 32.2. The van der Waals surface area contributed by atoms with E-state index in [1.807, 2.05) is 18.2 Å². The fourth-order valence-corrected chi connectivity index (χ4v) is 16.5. The fourth-order valence-electron chi connectivity index (χ4n) is 15.3. The molecular formula is C86H69BN4S. The molecule has 4 nitrogen and oxygen atoms in total. The lowest BCUT2D eigenvalue weighted by molar-refractivity contribution is 0.590. The second-order valence-corrected chi connectivity index (χ2v) is 29.3. The molecule has 17 rings (SSSR count). The van der Waals surface area contributed by atoms with Crippen LogP contribution in [0.15, 0.2) is 264 Å². The Bertz CT molecular complexity index is 5860. The van der Waals surface area contributed by atoms with Crippen molar-refractivity contribution in [3.05, 3.63) is 299 Å². The quantitative estimate of drug-likeness (QED) is 0.161. The number of rotatable bonds is 5. The van der Waals surface area contributed by atoms with Crippen molar-refractivity contribution in [2.45, 2.75) is 93.8 Å². The molecule has 0 N–H and O–H groups in total. The number of nitriles is 1. The number of aromatic nitrogens is 2. The van der Waals surface area contributed by atoms with Gasteiger partial charge in [-0.3, -0.25) is 0 Å². The van der Waals surface area contributed by atoms with E-state index in [9.17, 15) is 13.5 Å². The summed E-state index contributed by atoms with van der Waals surface area (Å²) in [5.74, 6) is 0. The Balaban J connectivity index is 1.10. The van der Waals surface area contributed by atoms with Crippen LogP contribution in [0.5, 0.6) is 0 Å². The van der Waals surface area contributed by atoms with E-state index >= 15 is 0 Å². The van der Waals surface area contributed by atoms with E-state index in [0.717, 1.165) is 121 Å². The molecule has 5 heterocycles. The van der Waals surface area contributed by atoms with E-state index in [1.165, 1.54) is 11.1 Å². The smallest absolute Gasteiger partial charge is 0.247 e. The minimum Gasteiger partial charge on any atom is -0.311 e. The predicted molar refractivity (Wildman–Crippen MR) is 389 cm³/mol.